The summed E-state index contributed by atoms with van der Waals surface area (Å²) in [5.74, 6) is -0.950. The fraction of sp³-hybridized carbons (Fsp3) is 0.640. The zero-order valence-corrected chi connectivity index (χ0v) is 39.6. The zero-order valence-electron chi connectivity index (χ0n) is 38.7. The predicted molar refractivity (Wildman–Crippen MR) is 253 cm³/mol. The van der Waals surface area contributed by atoms with E-state index in [-0.39, 0.29) is 26.1 Å². The van der Waals surface area contributed by atoms with Gasteiger partial charge < -0.3 is 24.0 Å². The predicted octanol–water partition coefficient (Wildman–Crippen LogP) is 12.3. The van der Waals surface area contributed by atoms with Crippen molar-refractivity contribution < 1.29 is 47.2 Å². The summed E-state index contributed by atoms with van der Waals surface area (Å²) in [7, 11) is 1.37. The van der Waals surface area contributed by atoms with Gasteiger partial charge in [-0.2, -0.15) is 0 Å². The number of nitrogens with zero attached hydrogens (tertiary/aromatic N) is 1. The number of aliphatic hydroxyl groups is 1. The van der Waals surface area contributed by atoms with Crippen molar-refractivity contribution in [2.45, 2.75) is 161 Å². The molecular formula is C50H85NO9P+. The summed E-state index contributed by atoms with van der Waals surface area (Å²) in [5, 5.41) is 10.1. The normalized spacial score (nSPS) is 14.9. The Morgan fingerprint density at radius 2 is 1.10 bits per heavy atom. The molecule has 0 heterocycles. The van der Waals surface area contributed by atoms with E-state index < -0.39 is 38.6 Å². The summed E-state index contributed by atoms with van der Waals surface area (Å²) in [4.78, 5) is 35.4. The van der Waals surface area contributed by atoms with Crippen LogP contribution < -0.4 is 0 Å². The lowest BCUT2D eigenvalue weighted by Crippen LogP contribution is -2.37. The molecule has 11 heteroatoms. The minimum absolute atomic E-state index is 0.000604. The van der Waals surface area contributed by atoms with Crippen molar-refractivity contribution in [3.63, 3.8) is 0 Å². The topological polar surface area (TPSA) is 129 Å². The molecule has 0 fully saturated rings. The number of hydrogen-bond donors (Lipinski definition) is 2. The average molecular weight is 875 g/mol. The highest BCUT2D eigenvalue weighted by molar-refractivity contribution is 7.47. The fourth-order valence-corrected chi connectivity index (χ4v) is 6.23. The number of ether oxygens (including phenoxy) is 2. The number of quaternary nitrogens is 1. The second-order valence-corrected chi connectivity index (χ2v) is 17.7. The van der Waals surface area contributed by atoms with E-state index >= 15 is 0 Å². The van der Waals surface area contributed by atoms with Crippen LogP contribution in [0.2, 0.25) is 0 Å². The third kappa shape index (κ3) is 44.7. The van der Waals surface area contributed by atoms with Crippen LogP contribution in [-0.2, 0) is 32.7 Å². The number of likely N-dealkylation sites (N-methyl/N-ethyl adjacent to an activating group) is 1. The molecule has 0 bridgehead atoms. The molecule has 0 saturated heterocycles. The molecule has 0 aromatic rings. The summed E-state index contributed by atoms with van der Waals surface area (Å²) < 4.78 is 34.2. The standard InChI is InChI=1S/C50H84NO9P/c1-6-8-10-12-14-15-16-17-18-19-20-21-22-23-24-25-29-33-37-41-49(53)57-45-48(46-59-61(55,56)58-44-43-51(3,4)5)60-50(54)42-38-34-30-27-26-28-32-36-40-47(52)39-35-31-13-11-9-7-2/h14-15,17-18,20-21,23-24,27-28,30-32,35-36,40,47-48,52H,6-13,16,19,22,25-26,29,33-34,37-39,41-46H2,1-5H3/p+1/b15-14-,18-17-,21-20-,24-23-,30-27-,32-28-,35-31-,40-36+/t47-,48+/m0/s1. The summed E-state index contributed by atoms with van der Waals surface area (Å²) >= 11 is 0. The quantitative estimate of drug-likeness (QED) is 0.0154. The van der Waals surface area contributed by atoms with E-state index in [4.69, 9.17) is 18.5 Å². The van der Waals surface area contributed by atoms with E-state index in [1.165, 1.54) is 44.9 Å². The second-order valence-electron chi connectivity index (χ2n) is 16.3. The van der Waals surface area contributed by atoms with E-state index in [1.54, 1.807) is 6.08 Å². The van der Waals surface area contributed by atoms with Crippen LogP contribution in [0.1, 0.15) is 149 Å². The third-order valence-electron chi connectivity index (χ3n) is 9.17. The second kappa shape index (κ2) is 40.9. The first-order chi connectivity index (χ1) is 29.4. The van der Waals surface area contributed by atoms with Crippen LogP contribution >= 0.6 is 7.82 Å². The molecule has 1 unspecified atom stereocenters. The number of allylic oxidation sites excluding steroid dienone is 14. The summed E-state index contributed by atoms with van der Waals surface area (Å²) in [6.07, 6.45) is 50.6. The maximum absolute atomic E-state index is 12.7. The van der Waals surface area contributed by atoms with Gasteiger partial charge >= 0.3 is 19.8 Å². The molecule has 0 aliphatic carbocycles. The highest BCUT2D eigenvalue weighted by Gasteiger charge is 2.27. The summed E-state index contributed by atoms with van der Waals surface area (Å²) in [5.41, 5.74) is 0. The molecule has 348 valence electrons. The molecule has 0 aromatic carbocycles. The number of carbonyl (C=O) groups excluding carboxylic acids is 2. The molecule has 0 rings (SSSR count). The Hall–Kier alpha value is -3.11. The van der Waals surface area contributed by atoms with Gasteiger partial charge in [-0.05, 0) is 89.9 Å². The third-order valence-corrected chi connectivity index (χ3v) is 10.2. The molecule has 0 spiro atoms. The molecule has 0 aliphatic heterocycles. The van der Waals surface area contributed by atoms with Crippen molar-refractivity contribution in [3.8, 4) is 0 Å². The van der Waals surface area contributed by atoms with E-state index in [9.17, 15) is 24.2 Å². The largest absolute Gasteiger partial charge is 0.472 e. The summed E-state index contributed by atoms with van der Waals surface area (Å²) in [6, 6.07) is 0. The molecule has 0 radical (unpaired) electrons. The Labute approximate surface area is 371 Å². The Balaban J connectivity index is 4.57. The minimum atomic E-state index is -4.42. The Morgan fingerprint density at radius 1 is 0.590 bits per heavy atom. The van der Waals surface area contributed by atoms with Gasteiger partial charge in [0.05, 0.1) is 33.9 Å². The van der Waals surface area contributed by atoms with E-state index in [2.05, 4.69) is 68.5 Å². The van der Waals surface area contributed by atoms with Gasteiger partial charge in [-0.1, -0.05) is 143 Å². The van der Waals surface area contributed by atoms with Crippen molar-refractivity contribution in [1.29, 1.82) is 0 Å². The molecule has 3 atom stereocenters. The van der Waals surface area contributed by atoms with Crippen LogP contribution in [0, 0.1) is 0 Å². The van der Waals surface area contributed by atoms with Crippen LogP contribution in [0.4, 0.5) is 0 Å². The number of rotatable bonds is 40. The van der Waals surface area contributed by atoms with Crippen LogP contribution in [-0.4, -0.2) is 86.1 Å². The van der Waals surface area contributed by atoms with Gasteiger partial charge in [0.2, 0.25) is 0 Å². The molecule has 0 aliphatic rings. The van der Waals surface area contributed by atoms with Crippen molar-refractivity contribution in [3.05, 3.63) is 97.2 Å². The highest BCUT2D eigenvalue weighted by atomic mass is 31.2. The lowest BCUT2D eigenvalue weighted by atomic mass is 10.1. The van der Waals surface area contributed by atoms with Crippen LogP contribution in [0.5, 0.6) is 0 Å². The first-order valence-electron chi connectivity index (χ1n) is 23.1. The van der Waals surface area contributed by atoms with Gasteiger partial charge in [-0.25, -0.2) is 4.57 Å². The number of aliphatic hydroxyl groups excluding tert-OH is 1. The molecule has 61 heavy (non-hydrogen) atoms. The van der Waals surface area contributed by atoms with Gasteiger partial charge in [-0.15, -0.1) is 0 Å². The first kappa shape index (κ1) is 57.9. The Morgan fingerprint density at radius 3 is 1.67 bits per heavy atom. The van der Waals surface area contributed by atoms with Gasteiger partial charge in [0, 0.05) is 12.8 Å². The highest BCUT2D eigenvalue weighted by Crippen LogP contribution is 2.43. The lowest BCUT2D eigenvalue weighted by molar-refractivity contribution is -0.870. The van der Waals surface area contributed by atoms with Crippen LogP contribution in [0.15, 0.2) is 97.2 Å². The van der Waals surface area contributed by atoms with Crippen molar-refractivity contribution in [2.75, 3.05) is 47.5 Å². The maximum atomic E-state index is 12.7. The SMILES string of the molecule is CCCCC/C=C\C/C=C\C/C=C\C/C=C\CCCCCC(=O)OC[C@H](COP(=O)(O)OCC[N+](C)(C)C)OC(=O)CCC/C=C\C/C=C\C=C\[C@@H](O)C/C=C\CCCCC. The Bertz CT molecular complexity index is 1370. The number of phosphoric ester groups is 1. The average Bonchev–Trinajstić information content (AvgIpc) is 3.21. The maximum Gasteiger partial charge on any atom is 0.472 e. The van der Waals surface area contributed by atoms with Crippen molar-refractivity contribution >= 4 is 19.8 Å². The monoisotopic (exact) mass is 875 g/mol. The first-order valence-corrected chi connectivity index (χ1v) is 24.6. The van der Waals surface area contributed by atoms with Crippen molar-refractivity contribution in [2.24, 2.45) is 0 Å². The van der Waals surface area contributed by atoms with Crippen LogP contribution in [0.3, 0.4) is 0 Å². The number of phosphoric acid groups is 1. The number of esters is 2. The smallest absolute Gasteiger partial charge is 0.462 e. The molecule has 10 nitrogen and oxygen atoms in total. The van der Waals surface area contributed by atoms with Crippen molar-refractivity contribution in [1.82, 2.24) is 0 Å². The van der Waals surface area contributed by atoms with E-state index in [0.29, 0.717) is 36.7 Å². The van der Waals surface area contributed by atoms with Crippen LogP contribution in [0.25, 0.3) is 0 Å². The zero-order chi connectivity index (χ0) is 45.1. The lowest BCUT2D eigenvalue weighted by Gasteiger charge is -2.24. The molecule has 2 N–H and O–H groups in total. The number of unbranched alkanes of at least 4 members (excludes halogenated alkanes) is 10. The van der Waals surface area contributed by atoms with E-state index in [1.807, 2.05) is 57.6 Å². The number of hydrogen-bond acceptors (Lipinski definition) is 8. The molecule has 0 amide bonds. The van der Waals surface area contributed by atoms with E-state index in [0.717, 1.165) is 51.4 Å². The minimum Gasteiger partial charge on any atom is -0.462 e. The van der Waals surface area contributed by atoms with Gasteiger partial charge in [0.15, 0.2) is 6.10 Å². The Kier molecular flexibility index (Phi) is 38.8. The molecule has 0 saturated carbocycles. The van der Waals surface area contributed by atoms with Gasteiger partial charge in [-0.3, -0.25) is 18.6 Å². The number of carbonyl (C=O) groups is 2. The van der Waals surface area contributed by atoms with Gasteiger partial charge in [0.25, 0.3) is 0 Å². The molecular weight excluding hydrogens is 790 g/mol. The van der Waals surface area contributed by atoms with Gasteiger partial charge in [0.1, 0.15) is 19.8 Å². The molecule has 0 aromatic heterocycles. The summed E-state index contributed by atoms with van der Waals surface area (Å²) in [6.45, 7) is 4.14. The fourth-order valence-electron chi connectivity index (χ4n) is 5.48.